The minimum absolute atomic E-state index is 0.124. The van der Waals surface area contributed by atoms with E-state index in [-0.39, 0.29) is 22.5 Å². The summed E-state index contributed by atoms with van der Waals surface area (Å²) in [5.74, 6) is -0.312. The first kappa shape index (κ1) is 25.8. The summed E-state index contributed by atoms with van der Waals surface area (Å²) < 4.78 is 7.65. The van der Waals surface area contributed by atoms with Crippen molar-refractivity contribution >= 4 is 30.8 Å². The van der Waals surface area contributed by atoms with Gasteiger partial charge in [0.05, 0.1) is 16.5 Å². The van der Waals surface area contributed by atoms with Crippen LogP contribution in [-0.2, 0) is 4.43 Å². The molecule has 2 aromatic heterocycles. The molecule has 2 aromatic carbocycles. The number of carbonyl (C=O) groups excluding carboxylic acids is 1. The monoisotopic (exact) mass is 500 g/mol. The average molecular weight is 501 g/mol. The highest BCUT2D eigenvalue weighted by molar-refractivity contribution is 6.74. The molecule has 1 unspecified atom stereocenters. The van der Waals surface area contributed by atoms with Crippen molar-refractivity contribution in [2.24, 2.45) is 0 Å². The largest absolute Gasteiger partial charge is 0.417 e. The number of fused-ring (bicyclic) bond motifs is 2. The summed E-state index contributed by atoms with van der Waals surface area (Å²) in [6.07, 6.45) is 2.24. The number of rotatable bonds is 7. The molecule has 4 aromatic rings. The van der Waals surface area contributed by atoms with Crippen LogP contribution < -0.4 is 10.9 Å². The Morgan fingerprint density at radius 3 is 2.50 bits per heavy atom. The summed E-state index contributed by atoms with van der Waals surface area (Å²) in [4.78, 5) is 31.2. The molecule has 0 aliphatic heterocycles. The molecule has 1 amide bonds. The number of hydrogen-bond donors (Lipinski definition) is 1. The zero-order chi connectivity index (χ0) is 26.1. The first-order valence-electron chi connectivity index (χ1n) is 12.3. The van der Waals surface area contributed by atoms with Gasteiger partial charge in [-0.2, -0.15) is 0 Å². The Morgan fingerprint density at radius 1 is 1.08 bits per heavy atom. The molecule has 0 fully saturated rings. The standard InChI is InChI=1S/C29H34N3O3Si/c1-20(16-18-35-36(5,6)29(2,3)4)30-27(33)23-13-10-17-32-26(23)31-25-15-14-22(19-24(25)28(32)34)21-11-8-7-9-12-21/h7-15,17,19-20H,1,16,18H2,2-6H3,(H,30,33). The number of pyridine rings is 1. The molecule has 2 heterocycles. The van der Waals surface area contributed by atoms with E-state index in [9.17, 15) is 9.59 Å². The Morgan fingerprint density at radius 2 is 1.81 bits per heavy atom. The Hall–Kier alpha value is -3.29. The lowest BCUT2D eigenvalue weighted by Gasteiger charge is -2.36. The second-order valence-electron chi connectivity index (χ2n) is 10.7. The molecule has 1 radical (unpaired) electrons. The molecule has 7 heteroatoms. The number of benzene rings is 2. The third-order valence-corrected chi connectivity index (χ3v) is 11.6. The Kier molecular flexibility index (Phi) is 7.16. The van der Waals surface area contributed by atoms with Crippen molar-refractivity contribution in [1.82, 2.24) is 14.7 Å². The van der Waals surface area contributed by atoms with Crippen molar-refractivity contribution in [3.05, 3.63) is 89.7 Å². The lowest BCUT2D eigenvalue weighted by atomic mass is 10.0. The highest BCUT2D eigenvalue weighted by atomic mass is 28.4. The van der Waals surface area contributed by atoms with Crippen molar-refractivity contribution in [3.8, 4) is 11.1 Å². The predicted molar refractivity (Wildman–Crippen MR) is 149 cm³/mol. The molecule has 1 atom stereocenters. The number of aromatic nitrogens is 2. The van der Waals surface area contributed by atoms with E-state index < -0.39 is 8.32 Å². The summed E-state index contributed by atoms with van der Waals surface area (Å²) in [7, 11) is -1.86. The zero-order valence-electron chi connectivity index (χ0n) is 21.7. The average Bonchev–Trinajstić information content (AvgIpc) is 2.83. The molecule has 0 saturated heterocycles. The number of nitrogens with zero attached hydrogens (tertiary/aromatic N) is 2. The van der Waals surface area contributed by atoms with E-state index in [2.05, 4.69) is 51.1 Å². The smallest absolute Gasteiger partial charge is 0.265 e. The van der Waals surface area contributed by atoms with Crippen LogP contribution in [0.1, 0.15) is 37.6 Å². The molecule has 1 N–H and O–H groups in total. The maximum absolute atomic E-state index is 13.4. The Balaban J connectivity index is 1.57. The fourth-order valence-corrected chi connectivity index (χ4v) is 4.88. The Labute approximate surface area is 213 Å². The number of nitrogens with one attached hydrogen (secondary N) is 1. The number of hydrogen-bond acceptors (Lipinski definition) is 4. The molecular formula is C29H34N3O3Si. The van der Waals surface area contributed by atoms with E-state index >= 15 is 0 Å². The van der Waals surface area contributed by atoms with Crippen LogP contribution in [0.2, 0.25) is 18.1 Å². The van der Waals surface area contributed by atoms with Gasteiger partial charge in [0.25, 0.3) is 11.5 Å². The van der Waals surface area contributed by atoms with Crippen LogP contribution in [0.5, 0.6) is 0 Å². The van der Waals surface area contributed by atoms with E-state index in [1.165, 1.54) is 4.40 Å². The maximum Gasteiger partial charge on any atom is 0.265 e. The molecule has 0 bridgehead atoms. The molecule has 187 valence electrons. The quantitative estimate of drug-likeness (QED) is 0.255. The van der Waals surface area contributed by atoms with Gasteiger partial charge in [-0.25, -0.2) is 4.98 Å². The lowest BCUT2D eigenvalue weighted by molar-refractivity contribution is 0.0940. The number of amides is 1. The summed E-state index contributed by atoms with van der Waals surface area (Å²) in [5, 5.41) is 3.57. The molecule has 0 aliphatic rings. The van der Waals surface area contributed by atoms with Gasteiger partial charge in [0, 0.05) is 18.8 Å². The van der Waals surface area contributed by atoms with Gasteiger partial charge < -0.3 is 9.74 Å². The highest BCUT2D eigenvalue weighted by Crippen LogP contribution is 2.36. The van der Waals surface area contributed by atoms with Crippen LogP contribution >= 0.6 is 0 Å². The van der Waals surface area contributed by atoms with Crippen LogP contribution in [0, 0.1) is 6.92 Å². The van der Waals surface area contributed by atoms with Gasteiger partial charge in [0.15, 0.2) is 14.0 Å². The third kappa shape index (κ3) is 5.27. The van der Waals surface area contributed by atoms with E-state index in [0.717, 1.165) is 11.1 Å². The van der Waals surface area contributed by atoms with Gasteiger partial charge in [-0.15, -0.1) is 0 Å². The number of carbonyl (C=O) groups is 1. The minimum atomic E-state index is -1.86. The van der Waals surface area contributed by atoms with Crippen LogP contribution in [0.4, 0.5) is 0 Å². The first-order chi connectivity index (χ1) is 17.0. The van der Waals surface area contributed by atoms with Crippen molar-refractivity contribution < 1.29 is 9.22 Å². The van der Waals surface area contributed by atoms with Crippen LogP contribution in [0.25, 0.3) is 27.7 Å². The van der Waals surface area contributed by atoms with Crippen LogP contribution in [-0.4, -0.2) is 36.3 Å². The second-order valence-corrected chi connectivity index (χ2v) is 15.5. The predicted octanol–water partition coefficient (Wildman–Crippen LogP) is 5.86. The first-order valence-corrected chi connectivity index (χ1v) is 15.2. The van der Waals surface area contributed by atoms with Crippen molar-refractivity contribution in [1.29, 1.82) is 0 Å². The van der Waals surface area contributed by atoms with E-state index in [1.807, 2.05) is 48.5 Å². The van der Waals surface area contributed by atoms with Crippen molar-refractivity contribution in [2.75, 3.05) is 6.61 Å². The summed E-state index contributed by atoms with van der Waals surface area (Å²) in [6.45, 7) is 15.6. The van der Waals surface area contributed by atoms with Gasteiger partial charge >= 0.3 is 0 Å². The molecule has 0 spiro atoms. The molecule has 0 saturated carbocycles. The van der Waals surface area contributed by atoms with Crippen LogP contribution in [0.3, 0.4) is 0 Å². The highest BCUT2D eigenvalue weighted by Gasteiger charge is 2.37. The van der Waals surface area contributed by atoms with E-state index in [1.54, 1.807) is 18.3 Å². The van der Waals surface area contributed by atoms with Crippen molar-refractivity contribution in [2.45, 2.75) is 51.4 Å². The van der Waals surface area contributed by atoms with E-state index in [4.69, 9.17) is 4.43 Å². The molecule has 0 aliphatic carbocycles. The van der Waals surface area contributed by atoms with E-state index in [0.29, 0.717) is 35.1 Å². The zero-order valence-corrected chi connectivity index (χ0v) is 22.7. The lowest BCUT2D eigenvalue weighted by Crippen LogP contribution is -2.42. The maximum atomic E-state index is 13.4. The topological polar surface area (TPSA) is 72.7 Å². The normalized spacial score (nSPS) is 13.2. The van der Waals surface area contributed by atoms with Gasteiger partial charge in [-0.1, -0.05) is 57.2 Å². The fraction of sp³-hybridized carbons (Fsp3) is 0.310. The Bertz CT molecular complexity index is 1460. The molecule has 6 nitrogen and oxygen atoms in total. The summed E-state index contributed by atoms with van der Waals surface area (Å²) >= 11 is 0. The molecule has 4 rings (SSSR count). The third-order valence-electron chi connectivity index (χ3n) is 7.06. The van der Waals surface area contributed by atoms with Gasteiger partial charge in [0.2, 0.25) is 0 Å². The van der Waals surface area contributed by atoms with Gasteiger partial charge in [0.1, 0.15) is 0 Å². The fourth-order valence-electron chi connectivity index (χ4n) is 3.82. The SMILES string of the molecule is [CH2]C(CCO[Si](C)(C)C(C)(C)C)NC(=O)c1cccn2c(=O)c3cc(-c4ccccc4)ccc3nc12. The van der Waals surface area contributed by atoms with Gasteiger partial charge in [-0.05, 0) is 66.9 Å². The minimum Gasteiger partial charge on any atom is -0.417 e. The molecular weight excluding hydrogens is 466 g/mol. The van der Waals surface area contributed by atoms with Crippen molar-refractivity contribution in [3.63, 3.8) is 0 Å². The molecule has 36 heavy (non-hydrogen) atoms. The van der Waals surface area contributed by atoms with Crippen LogP contribution in [0.15, 0.2) is 71.7 Å². The summed E-state index contributed by atoms with van der Waals surface area (Å²) in [6, 6.07) is 18.6. The van der Waals surface area contributed by atoms with Gasteiger partial charge in [-0.3, -0.25) is 14.0 Å². The second kappa shape index (κ2) is 9.99. The summed E-state index contributed by atoms with van der Waals surface area (Å²) in [5.41, 5.74) is 2.96.